The molecule has 0 aromatic rings. The molecule has 13 atom stereocenters. The van der Waals surface area contributed by atoms with Gasteiger partial charge in [-0.2, -0.15) is 0 Å². The summed E-state index contributed by atoms with van der Waals surface area (Å²) in [5.41, 5.74) is -0.0679. The molecule has 4 nitrogen and oxygen atoms in total. The van der Waals surface area contributed by atoms with Gasteiger partial charge >= 0.3 is 0 Å². The first-order chi connectivity index (χ1) is 14.1. The summed E-state index contributed by atoms with van der Waals surface area (Å²) in [6, 6.07) is 0. The van der Waals surface area contributed by atoms with E-state index in [9.17, 15) is 20.4 Å². The van der Waals surface area contributed by atoms with Crippen molar-refractivity contribution < 1.29 is 20.4 Å². The van der Waals surface area contributed by atoms with Gasteiger partial charge < -0.3 is 20.4 Å². The summed E-state index contributed by atoms with van der Waals surface area (Å²) in [7, 11) is 0. The highest BCUT2D eigenvalue weighted by Gasteiger charge is 2.67. The summed E-state index contributed by atoms with van der Waals surface area (Å²) in [6.07, 6.45) is 6.16. The lowest BCUT2D eigenvalue weighted by molar-refractivity contribution is -0.228. The van der Waals surface area contributed by atoms with Crippen LogP contribution in [0.25, 0.3) is 0 Å². The number of rotatable bonds is 4. The van der Waals surface area contributed by atoms with Crippen molar-refractivity contribution in [3.8, 4) is 0 Å². The third-order valence-electron chi connectivity index (χ3n) is 11.0. The van der Waals surface area contributed by atoms with E-state index in [-0.39, 0.29) is 47.1 Å². The van der Waals surface area contributed by atoms with Crippen LogP contribution in [0.2, 0.25) is 0 Å². The Morgan fingerprint density at radius 3 is 2.27 bits per heavy atom. The first-order valence-electron chi connectivity index (χ1n) is 12.8. The highest BCUT2D eigenvalue weighted by Crippen LogP contribution is 2.69. The zero-order valence-corrected chi connectivity index (χ0v) is 19.8. The summed E-state index contributed by atoms with van der Waals surface area (Å²) >= 11 is 0. The molecule has 1 unspecified atom stereocenters. The maximum absolute atomic E-state index is 11.7. The Bertz CT molecular complexity index is 622. The fourth-order valence-corrected chi connectivity index (χ4v) is 9.59. The standard InChI is InChI=1S/C26H46O4/c1-6-17-20-12-16(28)9-10-25(20,4)21-13-22(29)26(5)18(14(2)11-15(3)27)7-8-19(26)23(21)24(17)30/h14-24,27-30H,6-13H2,1-5H3/t14-,15-,16-,17-,18-,19+,20+,21?,22+,23+,24-,25+,26-/m1/s1. The minimum Gasteiger partial charge on any atom is -0.393 e. The number of hydrogen-bond donors (Lipinski definition) is 4. The Morgan fingerprint density at radius 2 is 1.63 bits per heavy atom. The Labute approximate surface area is 183 Å². The van der Waals surface area contributed by atoms with Gasteiger partial charge in [0.2, 0.25) is 0 Å². The van der Waals surface area contributed by atoms with E-state index < -0.39 is 0 Å². The Hall–Kier alpha value is -0.160. The van der Waals surface area contributed by atoms with E-state index in [4.69, 9.17) is 0 Å². The molecule has 4 rings (SSSR count). The third-order valence-corrected chi connectivity index (χ3v) is 11.0. The van der Waals surface area contributed by atoms with Gasteiger partial charge in [-0.05, 0) is 104 Å². The smallest absolute Gasteiger partial charge is 0.0605 e. The molecule has 4 saturated carbocycles. The van der Waals surface area contributed by atoms with Crippen molar-refractivity contribution in [3.63, 3.8) is 0 Å². The highest BCUT2D eigenvalue weighted by atomic mass is 16.3. The molecule has 0 saturated heterocycles. The predicted molar refractivity (Wildman–Crippen MR) is 119 cm³/mol. The van der Waals surface area contributed by atoms with E-state index in [0.717, 1.165) is 51.4 Å². The van der Waals surface area contributed by atoms with E-state index in [1.54, 1.807) is 0 Å². The molecule has 0 radical (unpaired) electrons. The van der Waals surface area contributed by atoms with Crippen LogP contribution in [0.1, 0.15) is 86.0 Å². The lowest BCUT2D eigenvalue weighted by Gasteiger charge is -2.65. The molecule has 0 aromatic heterocycles. The quantitative estimate of drug-likeness (QED) is 0.552. The molecule has 0 spiro atoms. The van der Waals surface area contributed by atoms with Crippen LogP contribution in [0, 0.1) is 52.3 Å². The van der Waals surface area contributed by atoms with Crippen molar-refractivity contribution in [3.05, 3.63) is 0 Å². The first-order valence-corrected chi connectivity index (χ1v) is 12.8. The van der Waals surface area contributed by atoms with Crippen molar-refractivity contribution in [2.24, 2.45) is 52.3 Å². The van der Waals surface area contributed by atoms with Gasteiger partial charge in [-0.1, -0.05) is 34.1 Å². The van der Waals surface area contributed by atoms with Crippen LogP contribution in [0.3, 0.4) is 0 Å². The second-order valence-electron chi connectivity index (χ2n) is 12.3. The fourth-order valence-electron chi connectivity index (χ4n) is 9.59. The minimum absolute atomic E-state index is 0.107. The second kappa shape index (κ2) is 8.01. The third kappa shape index (κ3) is 3.23. The Balaban J connectivity index is 1.70. The van der Waals surface area contributed by atoms with Crippen LogP contribution in [-0.2, 0) is 0 Å². The molecule has 30 heavy (non-hydrogen) atoms. The van der Waals surface area contributed by atoms with Crippen LogP contribution >= 0.6 is 0 Å². The number of aliphatic hydroxyl groups excluding tert-OH is 4. The minimum atomic E-state index is -0.345. The summed E-state index contributed by atoms with van der Waals surface area (Å²) in [4.78, 5) is 0. The van der Waals surface area contributed by atoms with Gasteiger partial charge in [0.05, 0.1) is 24.4 Å². The van der Waals surface area contributed by atoms with Gasteiger partial charge in [0.1, 0.15) is 0 Å². The lowest BCUT2D eigenvalue weighted by Crippen LogP contribution is -2.65. The Morgan fingerprint density at radius 1 is 0.933 bits per heavy atom. The number of hydrogen-bond acceptors (Lipinski definition) is 4. The molecule has 4 aliphatic carbocycles. The van der Waals surface area contributed by atoms with Gasteiger partial charge in [0.25, 0.3) is 0 Å². The number of aliphatic hydroxyl groups is 4. The van der Waals surface area contributed by atoms with Crippen molar-refractivity contribution in [1.82, 2.24) is 0 Å². The van der Waals surface area contributed by atoms with Crippen molar-refractivity contribution >= 4 is 0 Å². The fraction of sp³-hybridized carbons (Fsp3) is 1.00. The summed E-state index contributed by atoms with van der Waals surface area (Å²) in [6.45, 7) is 11.0. The van der Waals surface area contributed by atoms with E-state index in [0.29, 0.717) is 29.6 Å². The average molecular weight is 423 g/mol. The molecule has 0 heterocycles. The molecule has 4 heteroatoms. The van der Waals surface area contributed by atoms with Gasteiger partial charge in [-0.3, -0.25) is 0 Å². The Kier molecular flexibility index (Phi) is 6.14. The second-order valence-corrected chi connectivity index (χ2v) is 12.3. The van der Waals surface area contributed by atoms with E-state index in [1.165, 1.54) is 0 Å². The zero-order valence-electron chi connectivity index (χ0n) is 19.8. The summed E-state index contributed by atoms with van der Waals surface area (Å²) in [5.74, 6) is 2.32. The van der Waals surface area contributed by atoms with Crippen LogP contribution in [0.4, 0.5) is 0 Å². The van der Waals surface area contributed by atoms with E-state index in [1.807, 2.05) is 6.92 Å². The van der Waals surface area contributed by atoms with Gasteiger partial charge in [-0.15, -0.1) is 0 Å². The molecule has 4 N–H and O–H groups in total. The van der Waals surface area contributed by atoms with Gasteiger partial charge in [0, 0.05) is 0 Å². The SMILES string of the molecule is CC[C@H]1[C@@H](O)[C@@H]2C(C[C@H](O)[C@]3(C)[C@@H]([C@H](C)C[C@@H](C)O)CC[C@@H]23)[C@@]2(C)CC[C@@H](O)C[C@@H]12. The molecular formula is C26H46O4. The maximum Gasteiger partial charge on any atom is 0.0605 e. The molecule has 0 aliphatic heterocycles. The largest absolute Gasteiger partial charge is 0.393 e. The van der Waals surface area contributed by atoms with Gasteiger partial charge in [0.15, 0.2) is 0 Å². The molecule has 4 aliphatic rings. The van der Waals surface area contributed by atoms with E-state index >= 15 is 0 Å². The topological polar surface area (TPSA) is 80.9 Å². The lowest BCUT2D eigenvalue weighted by atomic mass is 9.41. The van der Waals surface area contributed by atoms with Crippen molar-refractivity contribution in [1.29, 1.82) is 0 Å². The molecular weight excluding hydrogens is 376 g/mol. The normalized spacial score (nSPS) is 55.3. The summed E-state index contributed by atoms with van der Waals surface area (Å²) < 4.78 is 0. The molecule has 0 amide bonds. The van der Waals surface area contributed by atoms with Crippen molar-refractivity contribution in [2.45, 2.75) is 110 Å². The number of fused-ring (bicyclic) bond motifs is 5. The average Bonchev–Trinajstić information content (AvgIpc) is 3.02. The highest BCUT2D eigenvalue weighted by molar-refractivity contribution is 5.15. The van der Waals surface area contributed by atoms with Gasteiger partial charge in [-0.25, -0.2) is 0 Å². The molecule has 0 bridgehead atoms. The van der Waals surface area contributed by atoms with Crippen LogP contribution < -0.4 is 0 Å². The van der Waals surface area contributed by atoms with E-state index in [2.05, 4.69) is 27.7 Å². The summed E-state index contributed by atoms with van der Waals surface area (Å²) in [5, 5.41) is 43.7. The molecule has 174 valence electrons. The monoisotopic (exact) mass is 422 g/mol. The van der Waals surface area contributed by atoms with Crippen LogP contribution in [0.5, 0.6) is 0 Å². The maximum atomic E-state index is 11.7. The van der Waals surface area contributed by atoms with Crippen LogP contribution in [-0.4, -0.2) is 44.8 Å². The van der Waals surface area contributed by atoms with Crippen molar-refractivity contribution in [2.75, 3.05) is 0 Å². The predicted octanol–water partition coefficient (Wildman–Crippen LogP) is 3.99. The molecule has 4 fully saturated rings. The first kappa shape index (κ1) is 23.0. The molecule has 0 aromatic carbocycles. The zero-order chi connectivity index (χ0) is 22.0. The van der Waals surface area contributed by atoms with Crippen LogP contribution in [0.15, 0.2) is 0 Å².